The molecule has 0 radical (unpaired) electrons. The fourth-order valence-corrected chi connectivity index (χ4v) is 5.98. The van der Waals surface area contributed by atoms with Gasteiger partial charge in [0.15, 0.2) is 11.5 Å². The van der Waals surface area contributed by atoms with E-state index in [9.17, 15) is 17.6 Å². The second-order valence-electron chi connectivity index (χ2n) is 8.35. The summed E-state index contributed by atoms with van der Waals surface area (Å²) in [6, 6.07) is 15.1. The number of methoxy groups -OCH3 is 2. The summed E-state index contributed by atoms with van der Waals surface area (Å²) in [5, 5.41) is 2.91. The van der Waals surface area contributed by atoms with Gasteiger partial charge in [0.05, 0.1) is 24.8 Å². The van der Waals surface area contributed by atoms with Crippen molar-refractivity contribution in [3.05, 3.63) is 83.2 Å². The maximum Gasteiger partial charge on any atom is 0.264 e. The van der Waals surface area contributed by atoms with Gasteiger partial charge in [0.1, 0.15) is 5.82 Å². The highest BCUT2D eigenvalue weighted by molar-refractivity contribution is 7.92. The van der Waals surface area contributed by atoms with Crippen LogP contribution in [0.4, 0.5) is 10.1 Å². The Morgan fingerprint density at radius 2 is 1.74 bits per heavy atom. The molecule has 0 fully saturated rings. The number of hydrogen-bond donors (Lipinski definition) is 1. The van der Waals surface area contributed by atoms with Crippen molar-refractivity contribution < 1.29 is 27.1 Å². The Kier molecular flexibility index (Phi) is 6.98. The van der Waals surface area contributed by atoms with E-state index in [2.05, 4.69) is 5.32 Å². The van der Waals surface area contributed by atoms with E-state index in [4.69, 9.17) is 9.47 Å². The summed E-state index contributed by atoms with van der Waals surface area (Å²) in [5.41, 5.74) is 2.76. The van der Waals surface area contributed by atoms with Gasteiger partial charge < -0.3 is 14.8 Å². The van der Waals surface area contributed by atoms with Crippen LogP contribution < -0.4 is 19.1 Å². The van der Waals surface area contributed by atoms with Crippen molar-refractivity contribution in [2.24, 2.45) is 0 Å². The number of fused-ring (bicyclic) bond motifs is 1. The second-order valence-corrected chi connectivity index (χ2v) is 10.2. The molecule has 184 valence electrons. The molecular weight excluding hydrogens is 471 g/mol. The Hall–Kier alpha value is -3.59. The van der Waals surface area contributed by atoms with E-state index in [-0.39, 0.29) is 16.8 Å². The molecule has 3 aromatic carbocycles. The molecule has 3 aromatic rings. The van der Waals surface area contributed by atoms with Crippen LogP contribution in [0.3, 0.4) is 0 Å². The number of benzene rings is 3. The van der Waals surface area contributed by atoms with Crippen molar-refractivity contribution in [3.63, 3.8) is 0 Å². The maximum absolute atomic E-state index is 13.3. The zero-order chi connectivity index (χ0) is 25.2. The molecule has 0 aromatic heterocycles. The average molecular weight is 499 g/mol. The minimum Gasteiger partial charge on any atom is -0.493 e. The first kappa shape index (κ1) is 24.5. The Labute approximate surface area is 204 Å². The van der Waals surface area contributed by atoms with E-state index in [1.807, 2.05) is 25.1 Å². The van der Waals surface area contributed by atoms with Crippen molar-refractivity contribution in [3.8, 4) is 11.5 Å². The number of carbonyl (C=O) groups excluding carboxylic acids is 1. The number of nitrogens with zero attached hydrogens (tertiary/aromatic N) is 1. The van der Waals surface area contributed by atoms with Crippen LogP contribution in [0.1, 0.15) is 28.4 Å². The van der Waals surface area contributed by atoms with Gasteiger partial charge in [-0.15, -0.1) is 0 Å². The molecule has 0 saturated heterocycles. The first-order valence-electron chi connectivity index (χ1n) is 11.2. The molecule has 0 unspecified atom stereocenters. The topological polar surface area (TPSA) is 84.9 Å². The predicted octanol–water partition coefficient (Wildman–Crippen LogP) is 3.96. The average Bonchev–Trinajstić information content (AvgIpc) is 3.19. The molecule has 1 amide bonds. The standard InChI is InChI=1S/C26H27FN2O5S/c1-17-14-20-16-19(26(30)28-13-12-18-4-11-24(33-2)25(15-18)34-3)5-10-23(20)29(17)35(31,32)22-8-6-21(27)7-9-22/h4-11,15-17H,12-14H2,1-3H3,(H,28,30)/t17-/m0/s1. The molecule has 0 bridgehead atoms. The number of carbonyl (C=O) groups is 1. The van der Waals surface area contributed by atoms with E-state index in [1.165, 1.54) is 16.4 Å². The van der Waals surface area contributed by atoms with Gasteiger partial charge >= 0.3 is 0 Å². The molecule has 35 heavy (non-hydrogen) atoms. The monoisotopic (exact) mass is 498 g/mol. The SMILES string of the molecule is COc1ccc(CCNC(=O)c2ccc3c(c2)C[C@H](C)N3S(=O)(=O)c2ccc(F)cc2)cc1OC. The molecule has 1 atom stereocenters. The molecule has 1 N–H and O–H groups in total. The third-order valence-electron chi connectivity index (χ3n) is 6.01. The number of amides is 1. The number of sulfonamides is 1. The highest BCUT2D eigenvalue weighted by Gasteiger charge is 2.36. The third-order valence-corrected chi connectivity index (χ3v) is 7.95. The van der Waals surface area contributed by atoms with Crippen molar-refractivity contribution in [2.45, 2.75) is 30.7 Å². The number of nitrogens with one attached hydrogen (secondary N) is 1. The molecule has 1 aliphatic rings. The van der Waals surface area contributed by atoms with Gasteiger partial charge in [0.2, 0.25) is 0 Å². The van der Waals surface area contributed by atoms with Crippen molar-refractivity contribution in [2.75, 3.05) is 25.1 Å². The Morgan fingerprint density at radius 1 is 1.03 bits per heavy atom. The first-order chi connectivity index (χ1) is 16.7. The number of anilines is 1. The second kappa shape index (κ2) is 9.95. The van der Waals surface area contributed by atoms with Crippen LogP contribution in [0.5, 0.6) is 11.5 Å². The van der Waals surface area contributed by atoms with Crippen molar-refractivity contribution in [1.82, 2.24) is 5.32 Å². The molecule has 1 heterocycles. The minimum absolute atomic E-state index is 0.0237. The quantitative estimate of drug-likeness (QED) is 0.508. The van der Waals surface area contributed by atoms with E-state index in [0.717, 1.165) is 23.3 Å². The van der Waals surface area contributed by atoms with Gasteiger partial charge in [-0.1, -0.05) is 6.07 Å². The zero-order valence-corrected chi connectivity index (χ0v) is 20.6. The van der Waals surface area contributed by atoms with E-state index < -0.39 is 15.8 Å². The molecule has 7 nitrogen and oxygen atoms in total. The van der Waals surface area contributed by atoms with E-state index in [1.54, 1.807) is 32.4 Å². The Balaban J connectivity index is 1.46. The Bertz CT molecular complexity index is 1340. The summed E-state index contributed by atoms with van der Waals surface area (Å²) in [6.45, 7) is 2.23. The first-order valence-corrected chi connectivity index (χ1v) is 12.6. The zero-order valence-electron chi connectivity index (χ0n) is 19.7. The fraction of sp³-hybridized carbons (Fsp3) is 0.269. The van der Waals surface area contributed by atoms with Gasteiger partial charge in [-0.05, 0) is 85.5 Å². The largest absolute Gasteiger partial charge is 0.493 e. The number of rotatable bonds is 8. The predicted molar refractivity (Wildman–Crippen MR) is 131 cm³/mol. The lowest BCUT2D eigenvalue weighted by atomic mass is 10.1. The minimum atomic E-state index is -3.86. The molecule has 0 aliphatic carbocycles. The maximum atomic E-state index is 13.3. The molecule has 0 saturated carbocycles. The van der Waals surface area contributed by atoms with Crippen LogP contribution in [0, 0.1) is 5.82 Å². The van der Waals surface area contributed by atoms with Crippen LogP contribution >= 0.6 is 0 Å². The van der Waals surface area contributed by atoms with Gasteiger partial charge in [-0.2, -0.15) is 0 Å². The van der Waals surface area contributed by atoms with Crippen LogP contribution in [0.2, 0.25) is 0 Å². The summed E-state index contributed by atoms with van der Waals surface area (Å²) in [4.78, 5) is 12.8. The van der Waals surface area contributed by atoms with Crippen molar-refractivity contribution >= 4 is 21.6 Å². The third kappa shape index (κ3) is 4.95. The lowest BCUT2D eigenvalue weighted by molar-refractivity contribution is 0.0954. The van der Waals surface area contributed by atoms with Crippen LogP contribution in [0.15, 0.2) is 65.6 Å². The van der Waals surface area contributed by atoms with Crippen LogP contribution in [-0.4, -0.2) is 41.1 Å². The molecule has 0 spiro atoms. The highest BCUT2D eigenvalue weighted by Crippen LogP contribution is 2.37. The van der Waals surface area contributed by atoms with Gasteiger partial charge in [0.25, 0.3) is 15.9 Å². The number of halogens is 1. The summed E-state index contributed by atoms with van der Waals surface area (Å²) >= 11 is 0. The molecular formula is C26H27FN2O5S. The number of ether oxygens (including phenoxy) is 2. The fourth-order valence-electron chi connectivity index (χ4n) is 4.29. The lowest BCUT2D eigenvalue weighted by Crippen LogP contribution is -2.35. The molecule has 4 rings (SSSR count). The number of hydrogen-bond acceptors (Lipinski definition) is 5. The summed E-state index contributed by atoms with van der Waals surface area (Å²) in [7, 11) is -0.710. The van der Waals surface area contributed by atoms with Gasteiger partial charge in [0, 0.05) is 18.2 Å². The van der Waals surface area contributed by atoms with Crippen LogP contribution in [0.25, 0.3) is 0 Å². The van der Waals surface area contributed by atoms with Crippen LogP contribution in [-0.2, 0) is 22.9 Å². The molecule has 9 heteroatoms. The lowest BCUT2D eigenvalue weighted by Gasteiger charge is -2.24. The molecule has 1 aliphatic heterocycles. The summed E-state index contributed by atoms with van der Waals surface area (Å²) in [6.07, 6.45) is 1.08. The highest BCUT2D eigenvalue weighted by atomic mass is 32.2. The smallest absolute Gasteiger partial charge is 0.264 e. The summed E-state index contributed by atoms with van der Waals surface area (Å²) in [5.74, 6) is 0.536. The van der Waals surface area contributed by atoms with Crippen molar-refractivity contribution in [1.29, 1.82) is 0 Å². The summed E-state index contributed by atoms with van der Waals surface area (Å²) < 4.78 is 51.6. The van der Waals surface area contributed by atoms with Gasteiger partial charge in [-0.3, -0.25) is 9.10 Å². The van der Waals surface area contributed by atoms with E-state index >= 15 is 0 Å². The van der Waals surface area contributed by atoms with E-state index in [0.29, 0.717) is 42.1 Å². The Morgan fingerprint density at radius 3 is 2.43 bits per heavy atom. The van der Waals surface area contributed by atoms with Gasteiger partial charge in [-0.25, -0.2) is 12.8 Å². The normalized spacial score (nSPS) is 15.0.